The molecular formula is C17H16O8. The van der Waals surface area contributed by atoms with Crippen molar-refractivity contribution in [3.05, 3.63) is 41.5 Å². The van der Waals surface area contributed by atoms with Crippen molar-refractivity contribution in [2.75, 3.05) is 14.2 Å². The number of aromatic hydroxyl groups is 3. The summed E-state index contributed by atoms with van der Waals surface area (Å²) in [6, 6.07) is 8.17. The van der Waals surface area contributed by atoms with E-state index >= 15 is 0 Å². The van der Waals surface area contributed by atoms with E-state index in [0.717, 1.165) is 7.11 Å². The molecule has 0 amide bonds. The lowest BCUT2D eigenvalue weighted by atomic mass is 9.89. The molecule has 0 fully saturated rings. The number of carbonyl (C=O) groups excluding carboxylic acids is 1. The van der Waals surface area contributed by atoms with Gasteiger partial charge in [-0.05, 0) is 0 Å². The summed E-state index contributed by atoms with van der Waals surface area (Å²) < 4.78 is 15.8. The van der Waals surface area contributed by atoms with Crippen molar-refractivity contribution >= 4 is 5.78 Å². The third-order valence-corrected chi connectivity index (χ3v) is 4.13. The first-order valence-corrected chi connectivity index (χ1v) is 7.25. The minimum atomic E-state index is -1.95. The number of ketones is 1. The van der Waals surface area contributed by atoms with Crippen molar-refractivity contribution in [2.45, 2.75) is 11.9 Å². The molecule has 4 N–H and O–H groups in total. The molecule has 2 aromatic carbocycles. The molecule has 8 nitrogen and oxygen atoms in total. The number of rotatable bonds is 3. The lowest BCUT2D eigenvalue weighted by molar-refractivity contribution is -0.224. The zero-order chi connectivity index (χ0) is 18.4. The highest BCUT2D eigenvalue weighted by Crippen LogP contribution is 2.56. The predicted octanol–water partition coefficient (Wildman–Crippen LogP) is 1.25. The van der Waals surface area contributed by atoms with E-state index in [9.17, 15) is 25.2 Å². The first-order valence-electron chi connectivity index (χ1n) is 7.25. The minimum absolute atomic E-state index is 0.315. The van der Waals surface area contributed by atoms with Crippen molar-refractivity contribution in [1.82, 2.24) is 0 Å². The highest BCUT2D eigenvalue weighted by Gasteiger charge is 2.54. The van der Waals surface area contributed by atoms with Gasteiger partial charge in [0.05, 0.1) is 7.11 Å². The molecule has 0 aromatic heterocycles. The van der Waals surface area contributed by atoms with E-state index < -0.39 is 52.0 Å². The molecule has 0 saturated heterocycles. The standard InChI is InChI=1S/C17H16O8/c1-23-15-12(20)10(18)9-11(19)16(22)17(24-2,25-14(9)13(15)21)8-6-4-3-5-7-8/h3-7,16,18,20-22H,1-2H3. The summed E-state index contributed by atoms with van der Waals surface area (Å²) in [5, 5.41) is 40.8. The molecule has 25 heavy (non-hydrogen) atoms. The Kier molecular flexibility index (Phi) is 3.94. The molecule has 0 saturated carbocycles. The van der Waals surface area contributed by atoms with Crippen LogP contribution in [0.5, 0.6) is 28.7 Å². The second-order valence-electron chi connectivity index (χ2n) is 5.39. The van der Waals surface area contributed by atoms with Gasteiger partial charge >= 0.3 is 0 Å². The van der Waals surface area contributed by atoms with Crippen LogP contribution in [0.3, 0.4) is 0 Å². The van der Waals surface area contributed by atoms with E-state index in [1.54, 1.807) is 30.3 Å². The number of aliphatic hydroxyl groups is 1. The van der Waals surface area contributed by atoms with Gasteiger partial charge < -0.3 is 34.6 Å². The van der Waals surface area contributed by atoms with E-state index in [1.807, 2.05) is 0 Å². The number of fused-ring (bicyclic) bond motifs is 1. The number of aliphatic hydroxyl groups excluding tert-OH is 1. The largest absolute Gasteiger partial charge is 0.504 e. The van der Waals surface area contributed by atoms with Gasteiger partial charge in [-0.25, -0.2) is 0 Å². The summed E-state index contributed by atoms with van der Waals surface area (Å²) in [5.74, 6) is -6.29. The lowest BCUT2D eigenvalue weighted by Crippen LogP contribution is -2.53. The maximum Gasteiger partial charge on any atom is 0.271 e. The number of hydrogen-bond acceptors (Lipinski definition) is 8. The summed E-state index contributed by atoms with van der Waals surface area (Å²) in [6.45, 7) is 0. The van der Waals surface area contributed by atoms with Crippen LogP contribution in [0.1, 0.15) is 15.9 Å². The molecule has 0 spiro atoms. The van der Waals surface area contributed by atoms with E-state index in [2.05, 4.69) is 0 Å². The predicted molar refractivity (Wildman–Crippen MR) is 84.1 cm³/mol. The zero-order valence-corrected chi connectivity index (χ0v) is 13.4. The molecule has 0 bridgehead atoms. The van der Waals surface area contributed by atoms with Crippen LogP contribution in [0.15, 0.2) is 30.3 Å². The first-order chi connectivity index (χ1) is 11.9. The Morgan fingerprint density at radius 2 is 1.68 bits per heavy atom. The number of Topliss-reactive ketones (excluding diaryl/α,β-unsaturated/α-hetero) is 1. The second kappa shape index (κ2) is 5.83. The summed E-state index contributed by atoms with van der Waals surface area (Å²) in [6.07, 6.45) is -1.86. The van der Waals surface area contributed by atoms with E-state index in [4.69, 9.17) is 14.2 Å². The molecule has 1 heterocycles. The van der Waals surface area contributed by atoms with Crippen LogP contribution in [-0.4, -0.2) is 46.5 Å². The molecule has 2 unspecified atom stereocenters. The van der Waals surface area contributed by atoms with Crippen molar-refractivity contribution in [3.63, 3.8) is 0 Å². The number of phenolic OH excluding ortho intramolecular Hbond substituents is 3. The van der Waals surface area contributed by atoms with Gasteiger partial charge in [0.2, 0.25) is 23.0 Å². The molecule has 1 aliphatic heterocycles. The van der Waals surface area contributed by atoms with Crippen LogP contribution in [0.4, 0.5) is 0 Å². The minimum Gasteiger partial charge on any atom is -0.504 e. The molecule has 1 aliphatic rings. The maximum atomic E-state index is 12.7. The fraction of sp³-hybridized carbons (Fsp3) is 0.235. The number of phenols is 3. The Morgan fingerprint density at radius 3 is 2.24 bits per heavy atom. The van der Waals surface area contributed by atoms with E-state index in [0.29, 0.717) is 5.56 Å². The van der Waals surface area contributed by atoms with Crippen LogP contribution in [0, 0.1) is 0 Å². The van der Waals surface area contributed by atoms with E-state index in [-0.39, 0.29) is 0 Å². The van der Waals surface area contributed by atoms with Crippen molar-refractivity contribution in [2.24, 2.45) is 0 Å². The van der Waals surface area contributed by atoms with Crippen LogP contribution in [0.25, 0.3) is 0 Å². The summed E-state index contributed by atoms with van der Waals surface area (Å²) in [5.41, 5.74) is -0.248. The Labute approximate surface area is 142 Å². The summed E-state index contributed by atoms with van der Waals surface area (Å²) in [7, 11) is 2.38. The van der Waals surface area contributed by atoms with Gasteiger partial charge in [-0.3, -0.25) is 4.79 Å². The Balaban J connectivity index is 2.30. The van der Waals surface area contributed by atoms with Gasteiger partial charge in [0, 0.05) is 12.7 Å². The van der Waals surface area contributed by atoms with Crippen LogP contribution in [-0.2, 0) is 10.5 Å². The molecule has 3 rings (SSSR count). The molecule has 132 valence electrons. The SMILES string of the molecule is COc1c(O)c(O)c2c(c1O)OC(OC)(c1ccccc1)C(O)C2=O. The topological polar surface area (TPSA) is 126 Å². The lowest BCUT2D eigenvalue weighted by Gasteiger charge is -2.40. The monoisotopic (exact) mass is 348 g/mol. The summed E-state index contributed by atoms with van der Waals surface area (Å²) in [4.78, 5) is 12.7. The number of methoxy groups -OCH3 is 2. The van der Waals surface area contributed by atoms with Crippen molar-refractivity contribution in [3.8, 4) is 28.7 Å². The van der Waals surface area contributed by atoms with Gasteiger partial charge in [-0.15, -0.1) is 0 Å². The smallest absolute Gasteiger partial charge is 0.271 e. The van der Waals surface area contributed by atoms with Crippen LogP contribution >= 0.6 is 0 Å². The molecule has 2 atom stereocenters. The average Bonchev–Trinajstić information content (AvgIpc) is 2.63. The first kappa shape index (κ1) is 16.9. The summed E-state index contributed by atoms with van der Waals surface area (Å²) >= 11 is 0. The fourth-order valence-corrected chi connectivity index (χ4v) is 2.86. The van der Waals surface area contributed by atoms with Gasteiger partial charge in [0.25, 0.3) is 5.79 Å². The molecular weight excluding hydrogens is 332 g/mol. The van der Waals surface area contributed by atoms with Gasteiger partial charge in [-0.1, -0.05) is 30.3 Å². The highest BCUT2D eigenvalue weighted by atomic mass is 16.7. The molecule has 0 aliphatic carbocycles. The van der Waals surface area contributed by atoms with Gasteiger partial charge in [0.15, 0.2) is 17.6 Å². The maximum absolute atomic E-state index is 12.7. The van der Waals surface area contributed by atoms with Crippen molar-refractivity contribution < 1.29 is 39.4 Å². The third-order valence-electron chi connectivity index (χ3n) is 4.13. The van der Waals surface area contributed by atoms with Crippen LogP contribution in [0.2, 0.25) is 0 Å². The number of carbonyl (C=O) groups is 1. The van der Waals surface area contributed by atoms with Crippen molar-refractivity contribution in [1.29, 1.82) is 0 Å². The highest BCUT2D eigenvalue weighted by molar-refractivity contribution is 6.07. The fourth-order valence-electron chi connectivity index (χ4n) is 2.86. The Hall–Kier alpha value is -2.97. The molecule has 0 radical (unpaired) electrons. The van der Waals surface area contributed by atoms with E-state index in [1.165, 1.54) is 7.11 Å². The number of hydrogen-bond donors (Lipinski definition) is 4. The Bertz CT molecular complexity index is 833. The van der Waals surface area contributed by atoms with Gasteiger partial charge in [-0.2, -0.15) is 0 Å². The number of benzene rings is 2. The third kappa shape index (κ3) is 2.19. The Morgan fingerprint density at radius 1 is 1.04 bits per heavy atom. The number of ether oxygens (including phenoxy) is 3. The van der Waals surface area contributed by atoms with Gasteiger partial charge in [0.1, 0.15) is 5.56 Å². The molecule has 2 aromatic rings. The zero-order valence-electron chi connectivity index (χ0n) is 13.4. The molecule has 8 heteroatoms. The quantitative estimate of drug-likeness (QED) is 0.482. The normalized spacial score (nSPS) is 22.2. The van der Waals surface area contributed by atoms with Crippen LogP contribution < -0.4 is 9.47 Å². The average molecular weight is 348 g/mol. The second-order valence-corrected chi connectivity index (χ2v) is 5.39.